The Morgan fingerprint density at radius 1 is 0.895 bits per heavy atom. The number of anilines is 1. The van der Waals surface area contributed by atoms with E-state index in [0.717, 1.165) is 6.42 Å². The molecule has 1 aliphatic rings. The van der Waals surface area contributed by atoms with Crippen LogP contribution in [0, 0.1) is 0 Å². The summed E-state index contributed by atoms with van der Waals surface area (Å²) < 4.78 is 0. The first-order valence-electron chi connectivity index (χ1n) is 7.22. The molecule has 19 heavy (non-hydrogen) atoms. The lowest BCUT2D eigenvalue weighted by Crippen LogP contribution is -2.03. The Bertz CT molecular complexity index is 572. The van der Waals surface area contributed by atoms with Crippen LogP contribution in [-0.4, -0.2) is 7.05 Å². The minimum Gasteiger partial charge on any atom is -0.388 e. The highest BCUT2D eigenvalue weighted by molar-refractivity contribution is 5.46. The second-order valence-electron chi connectivity index (χ2n) is 5.44. The van der Waals surface area contributed by atoms with Gasteiger partial charge < -0.3 is 5.32 Å². The molecule has 0 heterocycles. The molecule has 0 fully saturated rings. The highest BCUT2D eigenvalue weighted by Crippen LogP contribution is 2.23. The van der Waals surface area contributed by atoms with Crippen molar-refractivity contribution in [3.63, 3.8) is 0 Å². The molecule has 98 valence electrons. The predicted molar refractivity (Wildman–Crippen MR) is 81.9 cm³/mol. The molecule has 0 amide bonds. The maximum atomic E-state index is 3.20. The molecule has 2 aromatic carbocycles. The Labute approximate surface area is 115 Å². The summed E-state index contributed by atoms with van der Waals surface area (Å²) in [5, 5.41) is 3.20. The van der Waals surface area contributed by atoms with E-state index in [4.69, 9.17) is 0 Å². The van der Waals surface area contributed by atoms with Gasteiger partial charge in [0.1, 0.15) is 0 Å². The van der Waals surface area contributed by atoms with E-state index in [9.17, 15) is 0 Å². The normalized spacial score (nSPS) is 13.9. The summed E-state index contributed by atoms with van der Waals surface area (Å²) in [4.78, 5) is 0. The maximum absolute atomic E-state index is 3.20. The van der Waals surface area contributed by atoms with Crippen LogP contribution >= 0.6 is 0 Å². The van der Waals surface area contributed by atoms with Gasteiger partial charge in [-0.3, -0.25) is 0 Å². The molecule has 0 saturated carbocycles. The summed E-state index contributed by atoms with van der Waals surface area (Å²) in [7, 11) is 1.97. The van der Waals surface area contributed by atoms with Crippen molar-refractivity contribution in [1.29, 1.82) is 0 Å². The van der Waals surface area contributed by atoms with Crippen LogP contribution in [0.4, 0.5) is 5.69 Å². The third kappa shape index (κ3) is 2.81. The Kier molecular flexibility index (Phi) is 3.54. The Morgan fingerprint density at radius 2 is 1.68 bits per heavy atom. The monoisotopic (exact) mass is 251 g/mol. The van der Waals surface area contributed by atoms with Gasteiger partial charge in [-0.15, -0.1) is 0 Å². The van der Waals surface area contributed by atoms with E-state index in [1.165, 1.54) is 42.5 Å². The lowest BCUT2D eigenvalue weighted by molar-refractivity contribution is 0.684. The number of hydrogen-bond donors (Lipinski definition) is 1. The van der Waals surface area contributed by atoms with Gasteiger partial charge in [-0.25, -0.2) is 0 Å². The SMILES string of the molecule is CNc1cccc(Cc2ccc3c(c2)CCCC3)c1. The van der Waals surface area contributed by atoms with Crippen molar-refractivity contribution in [2.45, 2.75) is 32.1 Å². The molecule has 1 aliphatic carbocycles. The minimum absolute atomic E-state index is 1.03. The van der Waals surface area contributed by atoms with E-state index in [1.54, 1.807) is 11.1 Å². The number of rotatable bonds is 3. The third-order valence-electron chi connectivity index (χ3n) is 4.04. The zero-order valence-electron chi connectivity index (χ0n) is 11.6. The van der Waals surface area contributed by atoms with Gasteiger partial charge in [-0.2, -0.15) is 0 Å². The summed E-state index contributed by atoms with van der Waals surface area (Å²) in [5.41, 5.74) is 7.15. The minimum atomic E-state index is 1.03. The standard InChI is InChI=1S/C18H21N/c1-19-18-8-4-5-14(13-18)11-15-9-10-16-6-2-3-7-17(16)12-15/h4-5,8-10,12-13,19H,2-3,6-7,11H2,1H3. The average molecular weight is 251 g/mol. The van der Waals surface area contributed by atoms with Crippen LogP contribution in [0.5, 0.6) is 0 Å². The average Bonchev–Trinajstić information content (AvgIpc) is 2.47. The fourth-order valence-corrected chi connectivity index (χ4v) is 2.97. The largest absolute Gasteiger partial charge is 0.388 e. The summed E-state index contributed by atoms with van der Waals surface area (Å²) in [6, 6.07) is 15.7. The van der Waals surface area contributed by atoms with E-state index in [1.807, 2.05) is 7.05 Å². The molecule has 0 aliphatic heterocycles. The summed E-state index contributed by atoms with van der Waals surface area (Å²) in [6.07, 6.45) is 6.27. The van der Waals surface area contributed by atoms with Crippen LogP contribution in [0.15, 0.2) is 42.5 Å². The molecular formula is C18H21N. The van der Waals surface area contributed by atoms with Crippen molar-refractivity contribution in [1.82, 2.24) is 0 Å². The Balaban J connectivity index is 1.82. The van der Waals surface area contributed by atoms with Crippen LogP contribution in [0.1, 0.15) is 35.1 Å². The van der Waals surface area contributed by atoms with Gasteiger partial charge in [0.25, 0.3) is 0 Å². The lowest BCUT2D eigenvalue weighted by atomic mass is 9.89. The molecule has 0 saturated heterocycles. The number of aryl methyl sites for hydroxylation is 2. The summed E-state index contributed by atoms with van der Waals surface area (Å²) in [6.45, 7) is 0. The van der Waals surface area contributed by atoms with Crippen LogP contribution in [0.2, 0.25) is 0 Å². The smallest absolute Gasteiger partial charge is 0.0340 e. The number of hydrogen-bond acceptors (Lipinski definition) is 1. The molecule has 1 nitrogen and oxygen atoms in total. The van der Waals surface area contributed by atoms with E-state index in [-0.39, 0.29) is 0 Å². The van der Waals surface area contributed by atoms with E-state index in [0.29, 0.717) is 0 Å². The van der Waals surface area contributed by atoms with Gasteiger partial charge in [0.2, 0.25) is 0 Å². The number of benzene rings is 2. The zero-order valence-corrected chi connectivity index (χ0v) is 11.6. The van der Waals surface area contributed by atoms with Gasteiger partial charge in [0.15, 0.2) is 0 Å². The molecule has 1 N–H and O–H groups in total. The molecule has 0 aromatic heterocycles. The van der Waals surface area contributed by atoms with E-state index >= 15 is 0 Å². The molecule has 0 unspecified atom stereocenters. The number of nitrogens with one attached hydrogen (secondary N) is 1. The predicted octanol–water partition coefficient (Wildman–Crippen LogP) is 4.20. The molecule has 1 heteroatoms. The van der Waals surface area contributed by atoms with Crippen molar-refractivity contribution in [3.05, 3.63) is 64.7 Å². The van der Waals surface area contributed by atoms with E-state index < -0.39 is 0 Å². The van der Waals surface area contributed by atoms with Crippen LogP contribution < -0.4 is 5.32 Å². The zero-order chi connectivity index (χ0) is 13.1. The van der Waals surface area contributed by atoms with Crippen molar-refractivity contribution >= 4 is 5.69 Å². The van der Waals surface area contributed by atoms with Crippen LogP contribution in [-0.2, 0) is 19.3 Å². The first kappa shape index (κ1) is 12.3. The van der Waals surface area contributed by atoms with Crippen molar-refractivity contribution in [2.24, 2.45) is 0 Å². The van der Waals surface area contributed by atoms with Gasteiger partial charge in [-0.05, 0) is 66.5 Å². The molecular weight excluding hydrogens is 230 g/mol. The first-order valence-corrected chi connectivity index (χ1v) is 7.22. The summed E-state index contributed by atoms with van der Waals surface area (Å²) >= 11 is 0. The highest BCUT2D eigenvalue weighted by atomic mass is 14.8. The van der Waals surface area contributed by atoms with Crippen LogP contribution in [0.25, 0.3) is 0 Å². The van der Waals surface area contributed by atoms with Crippen molar-refractivity contribution < 1.29 is 0 Å². The van der Waals surface area contributed by atoms with E-state index in [2.05, 4.69) is 47.8 Å². The molecule has 0 spiro atoms. The molecule has 0 radical (unpaired) electrons. The first-order chi connectivity index (χ1) is 9.35. The van der Waals surface area contributed by atoms with Crippen molar-refractivity contribution in [3.8, 4) is 0 Å². The quantitative estimate of drug-likeness (QED) is 0.862. The molecule has 0 atom stereocenters. The molecule has 3 rings (SSSR count). The third-order valence-corrected chi connectivity index (χ3v) is 4.04. The number of fused-ring (bicyclic) bond motifs is 1. The fourth-order valence-electron chi connectivity index (χ4n) is 2.97. The fraction of sp³-hybridized carbons (Fsp3) is 0.333. The summed E-state index contributed by atoms with van der Waals surface area (Å²) in [5.74, 6) is 0. The molecule has 0 bridgehead atoms. The van der Waals surface area contributed by atoms with Gasteiger partial charge in [0, 0.05) is 12.7 Å². The second kappa shape index (κ2) is 5.48. The second-order valence-corrected chi connectivity index (χ2v) is 5.44. The topological polar surface area (TPSA) is 12.0 Å². The lowest BCUT2D eigenvalue weighted by Gasteiger charge is -2.16. The Morgan fingerprint density at radius 3 is 2.53 bits per heavy atom. The highest BCUT2D eigenvalue weighted by Gasteiger charge is 2.09. The van der Waals surface area contributed by atoms with Crippen molar-refractivity contribution in [2.75, 3.05) is 12.4 Å². The van der Waals surface area contributed by atoms with Gasteiger partial charge in [0.05, 0.1) is 0 Å². The van der Waals surface area contributed by atoms with Gasteiger partial charge in [-0.1, -0.05) is 30.3 Å². The molecule has 2 aromatic rings. The van der Waals surface area contributed by atoms with Crippen LogP contribution in [0.3, 0.4) is 0 Å². The Hall–Kier alpha value is -1.76. The maximum Gasteiger partial charge on any atom is 0.0340 e. The van der Waals surface area contributed by atoms with Gasteiger partial charge >= 0.3 is 0 Å².